The Balaban J connectivity index is 2.03. The molecule has 0 unspecified atom stereocenters. The molecule has 0 bridgehead atoms. The van der Waals surface area contributed by atoms with Crippen LogP contribution in [0, 0.1) is 5.92 Å². The summed E-state index contributed by atoms with van der Waals surface area (Å²) >= 11 is 0. The van der Waals surface area contributed by atoms with Gasteiger partial charge in [0.25, 0.3) is 5.91 Å². The highest BCUT2D eigenvalue weighted by atomic mass is 16.4. The van der Waals surface area contributed by atoms with Gasteiger partial charge in [0.15, 0.2) is 5.57 Å². The first-order valence-corrected chi connectivity index (χ1v) is 6.07. The second-order valence-corrected chi connectivity index (χ2v) is 4.83. The average molecular weight is 239 g/mol. The lowest BCUT2D eigenvalue weighted by molar-refractivity contribution is -0.134. The number of rotatable bonds is 3. The number of amides is 1. The minimum atomic E-state index is -1.36. The molecular weight excluding hydrogens is 222 g/mol. The zero-order valence-corrected chi connectivity index (χ0v) is 9.61. The van der Waals surface area contributed by atoms with Crippen molar-refractivity contribution in [1.29, 1.82) is 0 Å². The van der Waals surface area contributed by atoms with Gasteiger partial charge in [-0.05, 0) is 12.3 Å². The van der Waals surface area contributed by atoms with Gasteiger partial charge in [-0.25, -0.2) is 4.79 Å². The number of nitrogens with one attached hydrogen (secondary N) is 1. The topological polar surface area (TPSA) is 86.6 Å². The van der Waals surface area contributed by atoms with Crippen LogP contribution in [0.2, 0.25) is 0 Å². The second-order valence-electron chi connectivity index (χ2n) is 4.83. The average Bonchev–Trinajstić information content (AvgIpc) is 2.55. The number of hydrogen-bond donors (Lipinski definition) is 3. The summed E-state index contributed by atoms with van der Waals surface area (Å²) in [4.78, 5) is 22.1. The van der Waals surface area contributed by atoms with E-state index in [1.165, 1.54) is 19.3 Å². The predicted molar refractivity (Wildman–Crippen MR) is 60.4 cm³/mol. The molecule has 1 heterocycles. The van der Waals surface area contributed by atoms with Crippen molar-refractivity contribution in [2.75, 3.05) is 0 Å². The van der Waals surface area contributed by atoms with E-state index in [0.29, 0.717) is 12.3 Å². The Hall–Kier alpha value is -1.52. The summed E-state index contributed by atoms with van der Waals surface area (Å²) in [5, 5.41) is 21.1. The van der Waals surface area contributed by atoms with Gasteiger partial charge in [-0.15, -0.1) is 0 Å². The number of aliphatic hydroxyl groups excluding tert-OH is 1. The highest BCUT2D eigenvalue weighted by Gasteiger charge is 2.37. The van der Waals surface area contributed by atoms with Crippen LogP contribution in [0.15, 0.2) is 11.3 Å². The SMILES string of the molecule is O=C(O)C1=C(O)[C@H](CC2CCCCC2)NC1=O. The van der Waals surface area contributed by atoms with Crippen LogP contribution in [-0.4, -0.2) is 28.1 Å². The van der Waals surface area contributed by atoms with Gasteiger partial charge >= 0.3 is 5.97 Å². The Labute approximate surface area is 99.5 Å². The molecule has 0 aromatic rings. The molecule has 2 rings (SSSR count). The lowest BCUT2D eigenvalue weighted by atomic mass is 9.84. The summed E-state index contributed by atoms with van der Waals surface area (Å²) in [5.74, 6) is -1.85. The highest BCUT2D eigenvalue weighted by Crippen LogP contribution is 2.30. The summed E-state index contributed by atoms with van der Waals surface area (Å²) in [6, 6.07) is -0.503. The monoisotopic (exact) mass is 239 g/mol. The molecule has 0 saturated heterocycles. The molecular formula is C12H17NO4. The molecule has 1 saturated carbocycles. The Morgan fingerprint density at radius 2 is 1.94 bits per heavy atom. The van der Waals surface area contributed by atoms with Gasteiger partial charge in [0.2, 0.25) is 0 Å². The van der Waals surface area contributed by atoms with E-state index >= 15 is 0 Å². The van der Waals surface area contributed by atoms with Crippen LogP contribution in [0.25, 0.3) is 0 Å². The maximum atomic E-state index is 11.4. The molecule has 94 valence electrons. The zero-order chi connectivity index (χ0) is 12.4. The number of carboxylic acids is 1. The molecule has 2 aliphatic rings. The predicted octanol–water partition coefficient (Wildman–Crippen LogP) is 1.35. The number of carboxylic acid groups (broad SMARTS) is 1. The molecule has 17 heavy (non-hydrogen) atoms. The zero-order valence-electron chi connectivity index (χ0n) is 9.61. The van der Waals surface area contributed by atoms with E-state index in [0.717, 1.165) is 12.8 Å². The van der Waals surface area contributed by atoms with E-state index < -0.39 is 23.5 Å². The first-order chi connectivity index (χ1) is 8.09. The summed E-state index contributed by atoms with van der Waals surface area (Å²) in [6.45, 7) is 0. The maximum absolute atomic E-state index is 11.4. The first kappa shape index (κ1) is 12.0. The van der Waals surface area contributed by atoms with Crippen molar-refractivity contribution in [3.8, 4) is 0 Å². The number of aliphatic hydroxyl groups is 1. The summed E-state index contributed by atoms with van der Waals surface area (Å²) in [6.07, 6.45) is 6.46. The maximum Gasteiger partial charge on any atom is 0.344 e. The summed E-state index contributed by atoms with van der Waals surface area (Å²) in [7, 11) is 0. The van der Waals surface area contributed by atoms with Gasteiger partial charge in [0.1, 0.15) is 5.76 Å². The van der Waals surface area contributed by atoms with E-state index in [-0.39, 0.29) is 5.76 Å². The minimum Gasteiger partial charge on any atom is -0.509 e. The smallest absolute Gasteiger partial charge is 0.344 e. The largest absolute Gasteiger partial charge is 0.509 e. The van der Waals surface area contributed by atoms with Crippen molar-refractivity contribution in [2.24, 2.45) is 5.92 Å². The number of carbonyl (C=O) groups is 2. The van der Waals surface area contributed by atoms with Crippen molar-refractivity contribution >= 4 is 11.9 Å². The molecule has 3 N–H and O–H groups in total. The Bertz CT molecular complexity index is 369. The fourth-order valence-electron chi connectivity index (χ4n) is 2.72. The summed E-state index contributed by atoms with van der Waals surface area (Å²) < 4.78 is 0. The quantitative estimate of drug-likeness (QED) is 0.649. The molecule has 1 aliphatic heterocycles. The van der Waals surface area contributed by atoms with Crippen molar-refractivity contribution < 1.29 is 19.8 Å². The van der Waals surface area contributed by atoms with Crippen LogP contribution in [0.1, 0.15) is 38.5 Å². The third kappa shape index (κ3) is 2.43. The van der Waals surface area contributed by atoms with Gasteiger partial charge in [-0.3, -0.25) is 4.79 Å². The van der Waals surface area contributed by atoms with Crippen LogP contribution in [-0.2, 0) is 9.59 Å². The molecule has 0 aromatic heterocycles. The minimum absolute atomic E-state index is 0.298. The van der Waals surface area contributed by atoms with E-state index in [4.69, 9.17) is 5.11 Å². The van der Waals surface area contributed by atoms with Crippen LogP contribution < -0.4 is 5.32 Å². The van der Waals surface area contributed by atoms with Gasteiger partial charge in [-0.1, -0.05) is 32.1 Å². The second kappa shape index (κ2) is 4.77. The Morgan fingerprint density at radius 1 is 1.29 bits per heavy atom. The number of hydrogen-bond acceptors (Lipinski definition) is 3. The summed E-state index contributed by atoms with van der Waals surface area (Å²) in [5.41, 5.74) is -0.495. The van der Waals surface area contributed by atoms with E-state index in [1.807, 2.05) is 0 Å². The van der Waals surface area contributed by atoms with Gasteiger partial charge < -0.3 is 15.5 Å². The standard InChI is InChI=1S/C12H17NO4/c14-10-8(6-7-4-2-1-3-5-7)13-11(15)9(10)12(16)17/h7-8,14H,1-6H2,(H,13,15)(H,16,17)/t8-/m0/s1. The van der Waals surface area contributed by atoms with Crippen LogP contribution in [0.3, 0.4) is 0 Å². The van der Waals surface area contributed by atoms with E-state index in [1.54, 1.807) is 0 Å². The van der Waals surface area contributed by atoms with Crippen molar-refractivity contribution in [2.45, 2.75) is 44.6 Å². The van der Waals surface area contributed by atoms with Gasteiger partial charge in [0.05, 0.1) is 6.04 Å². The van der Waals surface area contributed by atoms with Crippen LogP contribution in [0.4, 0.5) is 0 Å². The lowest BCUT2D eigenvalue weighted by Crippen LogP contribution is -2.31. The Morgan fingerprint density at radius 3 is 2.47 bits per heavy atom. The van der Waals surface area contributed by atoms with Crippen LogP contribution in [0.5, 0.6) is 0 Å². The van der Waals surface area contributed by atoms with Crippen LogP contribution >= 0.6 is 0 Å². The highest BCUT2D eigenvalue weighted by molar-refractivity contribution is 6.17. The van der Waals surface area contributed by atoms with Gasteiger partial charge in [0, 0.05) is 0 Å². The molecule has 1 atom stereocenters. The normalized spacial score (nSPS) is 26.1. The number of aliphatic carboxylic acids is 1. The van der Waals surface area contributed by atoms with Crippen molar-refractivity contribution in [1.82, 2.24) is 5.32 Å². The first-order valence-electron chi connectivity index (χ1n) is 6.07. The molecule has 0 spiro atoms. The van der Waals surface area contributed by atoms with E-state index in [2.05, 4.69) is 5.32 Å². The molecule has 1 fully saturated rings. The number of carbonyl (C=O) groups excluding carboxylic acids is 1. The van der Waals surface area contributed by atoms with Crippen molar-refractivity contribution in [3.05, 3.63) is 11.3 Å². The molecule has 5 heteroatoms. The molecule has 0 radical (unpaired) electrons. The fourth-order valence-corrected chi connectivity index (χ4v) is 2.72. The fraction of sp³-hybridized carbons (Fsp3) is 0.667. The molecule has 1 amide bonds. The lowest BCUT2D eigenvalue weighted by Gasteiger charge is -2.24. The Kier molecular flexibility index (Phi) is 3.36. The van der Waals surface area contributed by atoms with Crippen molar-refractivity contribution in [3.63, 3.8) is 0 Å². The van der Waals surface area contributed by atoms with E-state index in [9.17, 15) is 14.7 Å². The van der Waals surface area contributed by atoms with Gasteiger partial charge in [-0.2, -0.15) is 0 Å². The third-order valence-electron chi connectivity index (χ3n) is 3.63. The third-order valence-corrected chi connectivity index (χ3v) is 3.63. The molecule has 5 nitrogen and oxygen atoms in total. The molecule has 0 aromatic carbocycles. The molecule has 1 aliphatic carbocycles.